The van der Waals surface area contributed by atoms with Crippen LogP contribution >= 0.6 is 0 Å². The average molecular weight is 413 g/mol. The van der Waals surface area contributed by atoms with Crippen molar-refractivity contribution in [3.63, 3.8) is 0 Å². The van der Waals surface area contributed by atoms with E-state index in [4.69, 9.17) is 0 Å². The Bertz CT molecular complexity index is 744. The summed E-state index contributed by atoms with van der Waals surface area (Å²) in [5.74, 6) is 0.439. The van der Waals surface area contributed by atoms with Crippen LogP contribution in [0.1, 0.15) is 44.1 Å². The molecule has 0 aromatic heterocycles. The lowest BCUT2D eigenvalue weighted by atomic mass is 10.0. The molecular formula is C24H36N4O2. The maximum atomic E-state index is 12.8. The number of aryl methyl sites for hydroxylation is 1. The van der Waals surface area contributed by atoms with Crippen molar-refractivity contribution >= 4 is 17.5 Å². The van der Waals surface area contributed by atoms with Crippen molar-refractivity contribution in [2.45, 2.75) is 51.5 Å². The number of benzene rings is 1. The standard InChI is InChI=1S/C24H36N4O2/c1-20-7-2-3-9-22(20)26-17-15-25(16-18-26)21-8-6-13-28(19-21)24(30)11-14-27-12-5-4-10-23(27)29/h2-3,7,9,21H,4-6,8,10-19H2,1H3. The highest BCUT2D eigenvalue weighted by atomic mass is 16.2. The maximum Gasteiger partial charge on any atom is 0.224 e. The van der Waals surface area contributed by atoms with Gasteiger partial charge in [0.1, 0.15) is 0 Å². The Balaban J connectivity index is 1.25. The number of hydrogen-bond acceptors (Lipinski definition) is 4. The molecule has 6 nitrogen and oxygen atoms in total. The van der Waals surface area contributed by atoms with Gasteiger partial charge in [0.25, 0.3) is 0 Å². The molecule has 3 aliphatic rings. The van der Waals surface area contributed by atoms with Gasteiger partial charge in [0.2, 0.25) is 11.8 Å². The van der Waals surface area contributed by atoms with E-state index < -0.39 is 0 Å². The normalized spacial score (nSPS) is 23.7. The summed E-state index contributed by atoms with van der Waals surface area (Å²) in [6.45, 7) is 9.52. The van der Waals surface area contributed by atoms with Crippen molar-refractivity contribution in [1.29, 1.82) is 0 Å². The van der Waals surface area contributed by atoms with E-state index in [1.54, 1.807) is 0 Å². The third-order valence-electron chi connectivity index (χ3n) is 7.05. The van der Waals surface area contributed by atoms with Crippen LogP contribution in [0.4, 0.5) is 5.69 Å². The van der Waals surface area contributed by atoms with Gasteiger partial charge in [0.15, 0.2) is 0 Å². The summed E-state index contributed by atoms with van der Waals surface area (Å²) in [6.07, 6.45) is 5.44. The highest BCUT2D eigenvalue weighted by Crippen LogP contribution is 2.24. The molecule has 0 aliphatic carbocycles. The Hall–Kier alpha value is -2.08. The lowest BCUT2D eigenvalue weighted by Crippen LogP contribution is -2.56. The quantitative estimate of drug-likeness (QED) is 0.746. The molecule has 3 aliphatic heterocycles. The first-order chi connectivity index (χ1) is 14.6. The molecule has 3 heterocycles. The molecule has 3 saturated heterocycles. The van der Waals surface area contributed by atoms with Gasteiger partial charge in [-0.25, -0.2) is 0 Å². The van der Waals surface area contributed by atoms with Crippen molar-refractivity contribution in [1.82, 2.24) is 14.7 Å². The summed E-state index contributed by atoms with van der Waals surface area (Å²) in [7, 11) is 0. The van der Waals surface area contributed by atoms with Crippen LogP contribution < -0.4 is 4.90 Å². The van der Waals surface area contributed by atoms with Gasteiger partial charge in [-0.2, -0.15) is 0 Å². The van der Waals surface area contributed by atoms with Crippen LogP contribution in [0.2, 0.25) is 0 Å². The van der Waals surface area contributed by atoms with Gasteiger partial charge >= 0.3 is 0 Å². The molecule has 1 aromatic rings. The van der Waals surface area contributed by atoms with Crippen LogP contribution in [0.15, 0.2) is 24.3 Å². The molecule has 2 amide bonds. The highest BCUT2D eigenvalue weighted by Gasteiger charge is 2.30. The van der Waals surface area contributed by atoms with E-state index in [1.807, 2.05) is 4.90 Å². The van der Waals surface area contributed by atoms with Gasteiger partial charge in [0, 0.05) is 76.9 Å². The largest absolute Gasteiger partial charge is 0.369 e. The van der Waals surface area contributed by atoms with Crippen LogP contribution in [0.25, 0.3) is 0 Å². The fourth-order valence-corrected chi connectivity index (χ4v) is 5.21. The van der Waals surface area contributed by atoms with Crippen LogP contribution in [0.3, 0.4) is 0 Å². The maximum absolute atomic E-state index is 12.8. The number of piperazine rings is 1. The summed E-state index contributed by atoms with van der Waals surface area (Å²) in [4.78, 5) is 33.8. The topological polar surface area (TPSA) is 47.1 Å². The number of rotatable bonds is 5. The van der Waals surface area contributed by atoms with Crippen molar-refractivity contribution < 1.29 is 9.59 Å². The second kappa shape index (κ2) is 9.82. The fraction of sp³-hybridized carbons (Fsp3) is 0.667. The minimum atomic E-state index is 0.219. The minimum Gasteiger partial charge on any atom is -0.369 e. The summed E-state index contributed by atoms with van der Waals surface area (Å²) < 4.78 is 0. The SMILES string of the molecule is Cc1ccccc1N1CCN(C2CCCN(C(=O)CCN3CCCCC3=O)C2)CC1. The van der Waals surface area contributed by atoms with E-state index >= 15 is 0 Å². The number of amides is 2. The Labute approximate surface area is 180 Å². The zero-order chi connectivity index (χ0) is 20.9. The van der Waals surface area contributed by atoms with E-state index in [9.17, 15) is 9.59 Å². The third-order valence-corrected chi connectivity index (χ3v) is 7.05. The number of anilines is 1. The molecule has 0 bridgehead atoms. The first-order valence-corrected chi connectivity index (χ1v) is 11.7. The van der Waals surface area contributed by atoms with Gasteiger partial charge in [-0.05, 0) is 44.2 Å². The molecule has 1 atom stereocenters. The van der Waals surface area contributed by atoms with Gasteiger partial charge in [-0.3, -0.25) is 14.5 Å². The molecule has 6 heteroatoms. The molecule has 0 radical (unpaired) electrons. The van der Waals surface area contributed by atoms with E-state index in [-0.39, 0.29) is 11.8 Å². The first-order valence-electron chi connectivity index (χ1n) is 11.7. The van der Waals surface area contributed by atoms with Crippen LogP contribution in [0, 0.1) is 6.92 Å². The van der Waals surface area contributed by atoms with Crippen LogP contribution in [0.5, 0.6) is 0 Å². The predicted molar refractivity (Wildman–Crippen MR) is 120 cm³/mol. The smallest absolute Gasteiger partial charge is 0.224 e. The van der Waals surface area contributed by atoms with Gasteiger partial charge in [-0.15, -0.1) is 0 Å². The predicted octanol–water partition coefficient (Wildman–Crippen LogP) is 2.51. The first kappa shape index (κ1) is 21.2. The second-order valence-corrected chi connectivity index (χ2v) is 9.03. The fourth-order valence-electron chi connectivity index (χ4n) is 5.21. The average Bonchev–Trinajstić information content (AvgIpc) is 2.79. The minimum absolute atomic E-state index is 0.219. The molecule has 30 heavy (non-hydrogen) atoms. The molecule has 0 N–H and O–H groups in total. The zero-order valence-electron chi connectivity index (χ0n) is 18.4. The number of piperidine rings is 2. The Morgan fingerprint density at radius 3 is 2.57 bits per heavy atom. The number of nitrogens with zero attached hydrogens (tertiary/aromatic N) is 4. The third kappa shape index (κ3) is 4.97. The van der Waals surface area contributed by atoms with E-state index in [1.165, 1.54) is 17.7 Å². The number of para-hydroxylation sites is 1. The summed E-state index contributed by atoms with van der Waals surface area (Å²) in [6, 6.07) is 9.10. The molecule has 1 aromatic carbocycles. The number of carbonyl (C=O) groups excluding carboxylic acids is 2. The van der Waals surface area contributed by atoms with Crippen molar-refractivity contribution in [3.8, 4) is 0 Å². The molecule has 1 unspecified atom stereocenters. The van der Waals surface area contributed by atoms with E-state index in [2.05, 4.69) is 45.9 Å². The lowest BCUT2D eigenvalue weighted by Gasteiger charge is -2.44. The number of likely N-dealkylation sites (tertiary alicyclic amines) is 2. The van der Waals surface area contributed by atoms with Crippen LogP contribution in [-0.4, -0.2) is 84.9 Å². The summed E-state index contributed by atoms with van der Waals surface area (Å²) in [5, 5.41) is 0. The zero-order valence-corrected chi connectivity index (χ0v) is 18.4. The molecule has 164 valence electrons. The molecule has 4 rings (SSSR count). The Morgan fingerprint density at radius 2 is 1.80 bits per heavy atom. The molecule has 0 saturated carbocycles. The summed E-state index contributed by atoms with van der Waals surface area (Å²) in [5.41, 5.74) is 2.69. The second-order valence-electron chi connectivity index (χ2n) is 9.03. The Morgan fingerprint density at radius 1 is 1.00 bits per heavy atom. The molecular weight excluding hydrogens is 376 g/mol. The molecule has 0 spiro atoms. The van der Waals surface area contributed by atoms with Crippen molar-refractivity contribution in [2.24, 2.45) is 0 Å². The Kier molecular flexibility index (Phi) is 6.93. The van der Waals surface area contributed by atoms with Gasteiger partial charge < -0.3 is 14.7 Å². The van der Waals surface area contributed by atoms with E-state index in [0.717, 1.165) is 65.1 Å². The lowest BCUT2D eigenvalue weighted by molar-refractivity contribution is -0.136. The summed E-state index contributed by atoms with van der Waals surface area (Å²) >= 11 is 0. The highest BCUT2D eigenvalue weighted by molar-refractivity contribution is 5.79. The monoisotopic (exact) mass is 412 g/mol. The van der Waals surface area contributed by atoms with Gasteiger partial charge in [-0.1, -0.05) is 18.2 Å². The van der Waals surface area contributed by atoms with Gasteiger partial charge in [0.05, 0.1) is 0 Å². The van der Waals surface area contributed by atoms with Crippen LogP contribution in [-0.2, 0) is 9.59 Å². The molecule has 3 fully saturated rings. The van der Waals surface area contributed by atoms with Crippen molar-refractivity contribution in [3.05, 3.63) is 29.8 Å². The van der Waals surface area contributed by atoms with E-state index in [0.29, 0.717) is 25.4 Å². The number of carbonyl (C=O) groups is 2. The van der Waals surface area contributed by atoms with Crippen molar-refractivity contribution in [2.75, 3.05) is 57.3 Å². The number of hydrogen-bond donors (Lipinski definition) is 0.